The summed E-state index contributed by atoms with van der Waals surface area (Å²) < 4.78 is 50.5. The SMILES string of the molecule is Oc1ccc(-c2ccc(C(F)(F)F)cc2)c(F)c1. The van der Waals surface area contributed by atoms with E-state index in [1.54, 1.807) is 0 Å². The molecule has 1 nitrogen and oxygen atoms in total. The van der Waals surface area contributed by atoms with Gasteiger partial charge in [0.2, 0.25) is 0 Å². The maximum atomic E-state index is 13.5. The average molecular weight is 256 g/mol. The van der Waals surface area contributed by atoms with Crippen molar-refractivity contribution in [1.82, 2.24) is 0 Å². The molecule has 0 aliphatic rings. The molecule has 94 valence electrons. The lowest BCUT2D eigenvalue weighted by atomic mass is 10.0. The van der Waals surface area contributed by atoms with E-state index in [2.05, 4.69) is 0 Å². The number of rotatable bonds is 1. The molecule has 0 radical (unpaired) electrons. The molecule has 5 heteroatoms. The number of alkyl halides is 3. The van der Waals surface area contributed by atoms with Crippen LogP contribution in [0.3, 0.4) is 0 Å². The number of hydrogen-bond donors (Lipinski definition) is 1. The Balaban J connectivity index is 2.41. The zero-order valence-electron chi connectivity index (χ0n) is 9.00. The van der Waals surface area contributed by atoms with Gasteiger partial charge in [-0.1, -0.05) is 12.1 Å². The van der Waals surface area contributed by atoms with E-state index >= 15 is 0 Å². The zero-order valence-corrected chi connectivity index (χ0v) is 9.00. The molecular weight excluding hydrogens is 248 g/mol. The molecule has 0 spiro atoms. The smallest absolute Gasteiger partial charge is 0.416 e. The zero-order chi connectivity index (χ0) is 13.3. The molecule has 0 heterocycles. The molecule has 2 aromatic carbocycles. The van der Waals surface area contributed by atoms with E-state index < -0.39 is 17.6 Å². The molecule has 0 unspecified atom stereocenters. The third kappa shape index (κ3) is 2.45. The van der Waals surface area contributed by atoms with Gasteiger partial charge >= 0.3 is 6.18 Å². The molecule has 0 aliphatic heterocycles. The van der Waals surface area contributed by atoms with Gasteiger partial charge in [0.15, 0.2) is 0 Å². The van der Waals surface area contributed by atoms with Gasteiger partial charge in [-0.05, 0) is 29.8 Å². The van der Waals surface area contributed by atoms with Crippen LogP contribution >= 0.6 is 0 Å². The fourth-order valence-electron chi connectivity index (χ4n) is 1.58. The highest BCUT2D eigenvalue weighted by Crippen LogP contribution is 2.32. The first-order chi connectivity index (χ1) is 8.38. The number of hydrogen-bond acceptors (Lipinski definition) is 1. The van der Waals surface area contributed by atoms with Crippen LogP contribution in [-0.4, -0.2) is 5.11 Å². The Labute approximate surface area is 100 Å². The molecule has 0 bridgehead atoms. The monoisotopic (exact) mass is 256 g/mol. The van der Waals surface area contributed by atoms with E-state index in [1.807, 2.05) is 0 Å². The summed E-state index contributed by atoms with van der Waals surface area (Å²) >= 11 is 0. The summed E-state index contributed by atoms with van der Waals surface area (Å²) in [7, 11) is 0. The average Bonchev–Trinajstić information content (AvgIpc) is 2.28. The highest BCUT2D eigenvalue weighted by molar-refractivity contribution is 5.65. The molecule has 0 fully saturated rings. The lowest BCUT2D eigenvalue weighted by molar-refractivity contribution is -0.137. The van der Waals surface area contributed by atoms with Crippen LogP contribution in [0.5, 0.6) is 5.75 Å². The van der Waals surface area contributed by atoms with Gasteiger partial charge in [0.05, 0.1) is 5.56 Å². The molecular formula is C13H8F4O. The highest BCUT2D eigenvalue weighted by Gasteiger charge is 2.30. The van der Waals surface area contributed by atoms with Crippen LogP contribution in [0.2, 0.25) is 0 Å². The van der Waals surface area contributed by atoms with Crippen LogP contribution in [0.4, 0.5) is 17.6 Å². The second-order valence-corrected chi connectivity index (χ2v) is 3.74. The van der Waals surface area contributed by atoms with Gasteiger partial charge in [-0.15, -0.1) is 0 Å². The first kappa shape index (κ1) is 12.4. The Morgan fingerprint density at radius 1 is 0.889 bits per heavy atom. The van der Waals surface area contributed by atoms with Crippen molar-refractivity contribution in [3.05, 3.63) is 53.8 Å². The van der Waals surface area contributed by atoms with Crippen LogP contribution in [-0.2, 0) is 6.18 Å². The third-order valence-electron chi connectivity index (χ3n) is 2.48. The lowest BCUT2D eigenvalue weighted by Gasteiger charge is -2.08. The minimum absolute atomic E-state index is 0.140. The van der Waals surface area contributed by atoms with E-state index in [9.17, 15) is 17.6 Å². The van der Waals surface area contributed by atoms with Gasteiger partial charge in [0, 0.05) is 11.6 Å². The summed E-state index contributed by atoms with van der Waals surface area (Å²) in [4.78, 5) is 0. The summed E-state index contributed by atoms with van der Waals surface area (Å²) in [5.74, 6) is -0.919. The van der Waals surface area contributed by atoms with Crippen LogP contribution in [0.25, 0.3) is 11.1 Å². The maximum Gasteiger partial charge on any atom is 0.416 e. The first-order valence-corrected chi connectivity index (χ1v) is 5.04. The summed E-state index contributed by atoms with van der Waals surface area (Å²) in [6.45, 7) is 0. The van der Waals surface area contributed by atoms with Crippen molar-refractivity contribution >= 4 is 0 Å². The molecule has 0 saturated heterocycles. The number of halogens is 4. The Kier molecular flexibility index (Phi) is 2.98. The molecule has 2 aromatic rings. The van der Waals surface area contributed by atoms with E-state index in [0.29, 0.717) is 5.56 Å². The second-order valence-electron chi connectivity index (χ2n) is 3.74. The minimum Gasteiger partial charge on any atom is -0.508 e. The molecule has 2 rings (SSSR count). The largest absolute Gasteiger partial charge is 0.508 e. The van der Waals surface area contributed by atoms with Crippen LogP contribution in [0, 0.1) is 5.82 Å². The molecule has 0 aromatic heterocycles. The van der Waals surface area contributed by atoms with Gasteiger partial charge in [-0.25, -0.2) is 4.39 Å². The Hall–Kier alpha value is -2.04. The summed E-state index contributed by atoms with van der Waals surface area (Å²) in [6.07, 6.45) is -4.41. The number of benzene rings is 2. The van der Waals surface area contributed by atoms with Crippen LogP contribution < -0.4 is 0 Å². The van der Waals surface area contributed by atoms with Gasteiger partial charge in [0.1, 0.15) is 11.6 Å². The molecule has 0 amide bonds. The maximum absolute atomic E-state index is 13.5. The van der Waals surface area contributed by atoms with Crippen molar-refractivity contribution in [1.29, 1.82) is 0 Å². The van der Waals surface area contributed by atoms with Crippen molar-refractivity contribution in [2.24, 2.45) is 0 Å². The third-order valence-corrected chi connectivity index (χ3v) is 2.48. The van der Waals surface area contributed by atoms with E-state index in [-0.39, 0.29) is 11.3 Å². The topological polar surface area (TPSA) is 20.2 Å². The van der Waals surface area contributed by atoms with Crippen LogP contribution in [0.15, 0.2) is 42.5 Å². The van der Waals surface area contributed by atoms with Crippen molar-refractivity contribution in [2.75, 3.05) is 0 Å². The van der Waals surface area contributed by atoms with Crippen molar-refractivity contribution in [3.8, 4) is 16.9 Å². The molecule has 0 atom stereocenters. The van der Waals surface area contributed by atoms with E-state index in [1.165, 1.54) is 24.3 Å². The Bertz CT molecular complexity index is 558. The molecule has 0 saturated carbocycles. The Morgan fingerprint density at radius 3 is 2.00 bits per heavy atom. The molecule has 1 N–H and O–H groups in total. The second kappa shape index (κ2) is 4.33. The van der Waals surface area contributed by atoms with Crippen molar-refractivity contribution in [2.45, 2.75) is 6.18 Å². The van der Waals surface area contributed by atoms with E-state index in [0.717, 1.165) is 18.2 Å². The summed E-state index contributed by atoms with van der Waals surface area (Å²) in [5.41, 5.74) is -0.326. The summed E-state index contributed by atoms with van der Waals surface area (Å²) in [5, 5.41) is 9.05. The van der Waals surface area contributed by atoms with Gasteiger partial charge < -0.3 is 5.11 Å². The van der Waals surface area contributed by atoms with E-state index in [4.69, 9.17) is 5.11 Å². The first-order valence-electron chi connectivity index (χ1n) is 5.04. The lowest BCUT2D eigenvalue weighted by Crippen LogP contribution is -2.04. The highest BCUT2D eigenvalue weighted by atomic mass is 19.4. The summed E-state index contributed by atoms with van der Waals surface area (Å²) in [6, 6.07) is 7.66. The van der Waals surface area contributed by atoms with Gasteiger partial charge in [-0.2, -0.15) is 13.2 Å². The predicted octanol–water partition coefficient (Wildman–Crippen LogP) is 4.22. The van der Waals surface area contributed by atoms with Gasteiger partial charge in [-0.3, -0.25) is 0 Å². The fourth-order valence-corrected chi connectivity index (χ4v) is 1.58. The van der Waals surface area contributed by atoms with Gasteiger partial charge in [0.25, 0.3) is 0 Å². The quantitative estimate of drug-likeness (QED) is 0.757. The minimum atomic E-state index is -4.41. The molecule has 18 heavy (non-hydrogen) atoms. The number of aromatic hydroxyl groups is 1. The number of phenols is 1. The Morgan fingerprint density at radius 2 is 1.50 bits per heavy atom. The normalized spacial score (nSPS) is 11.6. The molecule has 0 aliphatic carbocycles. The number of phenolic OH excluding ortho intramolecular Hbond substituents is 1. The predicted molar refractivity (Wildman–Crippen MR) is 58.5 cm³/mol. The fraction of sp³-hybridized carbons (Fsp3) is 0.0769. The standard InChI is InChI=1S/C13H8F4O/c14-12-7-10(18)5-6-11(12)8-1-3-9(4-2-8)13(15,16)17/h1-7,18H. The van der Waals surface area contributed by atoms with Crippen molar-refractivity contribution in [3.63, 3.8) is 0 Å². The van der Waals surface area contributed by atoms with Crippen molar-refractivity contribution < 1.29 is 22.7 Å². The van der Waals surface area contributed by atoms with Crippen LogP contribution in [0.1, 0.15) is 5.56 Å².